The zero-order valence-electron chi connectivity index (χ0n) is 11.3. The number of hydrogen-bond donors (Lipinski definition) is 1. The first-order valence-corrected chi connectivity index (χ1v) is 6.29. The van der Waals surface area contributed by atoms with Gasteiger partial charge in [-0.15, -0.1) is 0 Å². The minimum Gasteiger partial charge on any atom is -0.508 e. The van der Waals surface area contributed by atoms with Gasteiger partial charge in [0.05, 0.1) is 16.8 Å². The molecule has 0 amide bonds. The maximum absolute atomic E-state index is 9.58. The molecule has 2 aromatic carbocycles. The van der Waals surface area contributed by atoms with E-state index in [-0.39, 0.29) is 5.75 Å². The second kappa shape index (κ2) is 4.39. The minimum absolute atomic E-state index is 0.213. The number of benzene rings is 2. The summed E-state index contributed by atoms with van der Waals surface area (Å²) < 4.78 is 1.75. The van der Waals surface area contributed by atoms with Crippen molar-refractivity contribution in [1.29, 1.82) is 5.26 Å². The number of nitriles is 1. The predicted octanol–water partition coefficient (Wildman–Crippen LogP) is 3.22. The van der Waals surface area contributed by atoms with E-state index in [2.05, 4.69) is 11.2 Å². The molecule has 1 N–H and O–H groups in total. The van der Waals surface area contributed by atoms with Gasteiger partial charge in [0.15, 0.2) is 0 Å². The molecule has 20 heavy (non-hydrogen) atoms. The van der Waals surface area contributed by atoms with Gasteiger partial charge < -0.3 is 5.11 Å². The monoisotopic (exact) mass is 263 g/mol. The molecule has 0 unspecified atom stereocenters. The van der Waals surface area contributed by atoms with Crippen LogP contribution in [0.25, 0.3) is 16.6 Å². The molecule has 0 aliphatic rings. The molecule has 0 radical (unpaired) electrons. The Morgan fingerprint density at radius 3 is 2.70 bits per heavy atom. The molecule has 4 nitrogen and oxygen atoms in total. The molecule has 98 valence electrons. The van der Waals surface area contributed by atoms with Crippen LogP contribution in [0.3, 0.4) is 0 Å². The van der Waals surface area contributed by atoms with E-state index in [1.165, 1.54) is 0 Å². The van der Waals surface area contributed by atoms with E-state index in [0.29, 0.717) is 5.56 Å². The highest BCUT2D eigenvalue weighted by Gasteiger charge is 2.12. The van der Waals surface area contributed by atoms with Gasteiger partial charge in [0.1, 0.15) is 11.8 Å². The molecule has 1 aromatic heterocycles. The van der Waals surface area contributed by atoms with Gasteiger partial charge in [-0.05, 0) is 49.7 Å². The Kier molecular flexibility index (Phi) is 2.69. The molecule has 1 heterocycles. The lowest BCUT2D eigenvalue weighted by Gasteiger charge is -2.07. The van der Waals surface area contributed by atoms with Crippen LogP contribution in [0.5, 0.6) is 5.75 Å². The SMILES string of the molecule is Cc1ccc(-n2nc3ccc(O)cc3c2C)c(C#N)c1. The first-order valence-electron chi connectivity index (χ1n) is 6.29. The second-order valence-electron chi connectivity index (χ2n) is 4.83. The van der Waals surface area contributed by atoms with Crippen molar-refractivity contribution in [1.82, 2.24) is 9.78 Å². The highest BCUT2D eigenvalue weighted by atomic mass is 16.3. The van der Waals surface area contributed by atoms with Crippen molar-refractivity contribution >= 4 is 10.9 Å². The lowest BCUT2D eigenvalue weighted by atomic mass is 10.1. The Labute approximate surface area is 116 Å². The number of aromatic hydroxyl groups is 1. The standard InChI is InChI=1S/C16H13N3O/c1-10-3-6-16(12(7-10)9-17)19-11(2)14-8-13(20)4-5-15(14)18-19/h3-8,20H,1-2H3. The molecule has 0 aliphatic carbocycles. The van der Waals surface area contributed by atoms with Crippen LogP contribution in [0, 0.1) is 25.2 Å². The Balaban J connectivity index is 2.31. The first-order chi connectivity index (χ1) is 9.60. The summed E-state index contributed by atoms with van der Waals surface area (Å²) in [5, 5.41) is 24.3. The highest BCUT2D eigenvalue weighted by Crippen LogP contribution is 2.26. The van der Waals surface area contributed by atoms with Gasteiger partial charge in [-0.25, -0.2) is 4.68 Å². The number of phenolic OH excluding ortho intramolecular Hbond substituents is 1. The third-order valence-electron chi connectivity index (χ3n) is 3.40. The van der Waals surface area contributed by atoms with Crippen LogP contribution < -0.4 is 0 Å². The lowest BCUT2D eigenvalue weighted by Crippen LogP contribution is -2.01. The van der Waals surface area contributed by atoms with E-state index in [1.54, 1.807) is 22.9 Å². The normalized spacial score (nSPS) is 10.7. The van der Waals surface area contributed by atoms with Crippen molar-refractivity contribution in [2.24, 2.45) is 0 Å². The molecule has 4 heteroatoms. The summed E-state index contributed by atoms with van der Waals surface area (Å²) in [6.07, 6.45) is 0. The summed E-state index contributed by atoms with van der Waals surface area (Å²) >= 11 is 0. The van der Waals surface area contributed by atoms with Gasteiger partial charge >= 0.3 is 0 Å². The number of phenols is 1. The minimum atomic E-state index is 0.213. The van der Waals surface area contributed by atoms with E-state index in [4.69, 9.17) is 0 Å². The average molecular weight is 263 g/mol. The number of fused-ring (bicyclic) bond motifs is 1. The van der Waals surface area contributed by atoms with Crippen LogP contribution in [0.2, 0.25) is 0 Å². The maximum atomic E-state index is 9.58. The summed E-state index contributed by atoms with van der Waals surface area (Å²) in [6.45, 7) is 3.88. The van der Waals surface area contributed by atoms with Gasteiger partial charge in [0.25, 0.3) is 0 Å². The molecule has 3 rings (SSSR count). The fourth-order valence-corrected chi connectivity index (χ4v) is 2.36. The van der Waals surface area contributed by atoms with Crippen molar-refractivity contribution in [2.45, 2.75) is 13.8 Å². The molecular weight excluding hydrogens is 250 g/mol. The zero-order chi connectivity index (χ0) is 14.3. The summed E-state index contributed by atoms with van der Waals surface area (Å²) in [5.41, 5.74) is 4.08. The molecule has 0 saturated heterocycles. The van der Waals surface area contributed by atoms with Gasteiger partial charge in [-0.3, -0.25) is 0 Å². The quantitative estimate of drug-likeness (QED) is 0.733. The van der Waals surface area contributed by atoms with E-state index in [0.717, 1.165) is 27.8 Å². The van der Waals surface area contributed by atoms with Gasteiger partial charge in [0.2, 0.25) is 0 Å². The summed E-state index contributed by atoms with van der Waals surface area (Å²) in [7, 11) is 0. The van der Waals surface area contributed by atoms with Gasteiger partial charge in [0, 0.05) is 11.1 Å². The van der Waals surface area contributed by atoms with Crippen LogP contribution in [0.15, 0.2) is 36.4 Å². The van der Waals surface area contributed by atoms with E-state index < -0.39 is 0 Å². The van der Waals surface area contributed by atoms with E-state index in [9.17, 15) is 10.4 Å². The molecule has 0 atom stereocenters. The molecule has 0 aliphatic heterocycles. The molecule has 0 fully saturated rings. The van der Waals surface area contributed by atoms with Crippen molar-refractivity contribution < 1.29 is 5.11 Å². The molecule has 0 bridgehead atoms. The number of aryl methyl sites for hydroxylation is 2. The Hall–Kier alpha value is -2.80. The molecule has 0 spiro atoms. The zero-order valence-corrected chi connectivity index (χ0v) is 11.3. The van der Waals surface area contributed by atoms with Crippen LogP contribution in [0.4, 0.5) is 0 Å². The van der Waals surface area contributed by atoms with Gasteiger partial charge in [-0.1, -0.05) is 6.07 Å². The van der Waals surface area contributed by atoms with Crippen molar-refractivity contribution in [3.8, 4) is 17.5 Å². The second-order valence-corrected chi connectivity index (χ2v) is 4.83. The molecule has 3 aromatic rings. The number of hydrogen-bond acceptors (Lipinski definition) is 3. The van der Waals surface area contributed by atoms with Crippen LogP contribution in [-0.2, 0) is 0 Å². The Morgan fingerprint density at radius 1 is 1.15 bits per heavy atom. The summed E-state index contributed by atoms with van der Waals surface area (Å²) in [4.78, 5) is 0. The Morgan fingerprint density at radius 2 is 1.95 bits per heavy atom. The summed E-state index contributed by atoms with van der Waals surface area (Å²) in [5.74, 6) is 0.213. The van der Waals surface area contributed by atoms with E-state index >= 15 is 0 Å². The molecular formula is C16H13N3O. The lowest BCUT2D eigenvalue weighted by molar-refractivity contribution is 0.476. The van der Waals surface area contributed by atoms with Crippen LogP contribution in [-0.4, -0.2) is 14.9 Å². The average Bonchev–Trinajstić information content (AvgIpc) is 2.76. The number of aromatic nitrogens is 2. The summed E-state index contributed by atoms with van der Waals surface area (Å²) in [6, 6.07) is 13.0. The topological polar surface area (TPSA) is 61.8 Å². The third-order valence-corrected chi connectivity index (χ3v) is 3.40. The van der Waals surface area contributed by atoms with Crippen molar-refractivity contribution in [2.75, 3.05) is 0 Å². The highest BCUT2D eigenvalue weighted by molar-refractivity contribution is 5.83. The van der Waals surface area contributed by atoms with Crippen molar-refractivity contribution in [3.63, 3.8) is 0 Å². The largest absolute Gasteiger partial charge is 0.508 e. The Bertz CT molecular complexity index is 856. The van der Waals surface area contributed by atoms with Gasteiger partial charge in [-0.2, -0.15) is 10.4 Å². The van der Waals surface area contributed by atoms with Crippen molar-refractivity contribution in [3.05, 3.63) is 53.2 Å². The first kappa shape index (κ1) is 12.2. The number of nitrogens with zero attached hydrogens (tertiary/aromatic N) is 3. The van der Waals surface area contributed by atoms with Crippen LogP contribution in [0.1, 0.15) is 16.8 Å². The van der Waals surface area contributed by atoms with Crippen LogP contribution >= 0.6 is 0 Å². The predicted molar refractivity (Wildman–Crippen MR) is 76.9 cm³/mol. The molecule has 0 saturated carbocycles. The van der Waals surface area contributed by atoms with E-state index in [1.807, 2.05) is 32.0 Å². The number of rotatable bonds is 1. The fourth-order valence-electron chi connectivity index (χ4n) is 2.36. The maximum Gasteiger partial charge on any atom is 0.116 e. The third kappa shape index (κ3) is 1.81. The smallest absolute Gasteiger partial charge is 0.116 e. The fraction of sp³-hybridized carbons (Fsp3) is 0.125.